The summed E-state index contributed by atoms with van der Waals surface area (Å²) in [5.41, 5.74) is 10.6. The van der Waals surface area contributed by atoms with Crippen LogP contribution in [0.15, 0.2) is 24.3 Å². The van der Waals surface area contributed by atoms with Crippen molar-refractivity contribution < 1.29 is 4.79 Å². The number of nitrogens with two attached hydrogens (primary N) is 1. The second-order valence-corrected chi connectivity index (χ2v) is 5.07. The Bertz CT molecular complexity index is 646. The molecule has 0 aliphatic heterocycles. The molecule has 2 rings (SSSR count). The average molecular weight is 286 g/mol. The number of carbonyl (C=O) groups is 1. The van der Waals surface area contributed by atoms with Crippen molar-refractivity contribution in [2.24, 2.45) is 5.73 Å². The number of anilines is 1. The summed E-state index contributed by atoms with van der Waals surface area (Å²) in [6.45, 7) is 6.69. The number of nitrogens with one attached hydrogen (secondary N) is 1. The van der Waals surface area contributed by atoms with Gasteiger partial charge >= 0.3 is 0 Å². The van der Waals surface area contributed by atoms with Crippen molar-refractivity contribution >= 4 is 11.6 Å². The third-order valence-corrected chi connectivity index (χ3v) is 3.69. The van der Waals surface area contributed by atoms with Gasteiger partial charge in [-0.05, 0) is 37.5 Å². The molecule has 2 aromatic rings. The minimum atomic E-state index is -0.0934. The number of aryl methyl sites for hydroxylation is 1. The zero-order valence-electron chi connectivity index (χ0n) is 12.8. The molecule has 0 radical (unpaired) electrons. The molecule has 0 bridgehead atoms. The zero-order chi connectivity index (χ0) is 15.4. The molecule has 0 atom stereocenters. The molecule has 5 nitrogen and oxygen atoms in total. The highest BCUT2D eigenvalue weighted by molar-refractivity contribution is 5.91. The fraction of sp³-hybridized carbons (Fsp3) is 0.375. The van der Waals surface area contributed by atoms with E-state index in [4.69, 9.17) is 5.73 Å². The zero-order valence-corrected chi connectivity index (χ0v) is 12.8. The topological polar surface area (TPSA) is 72.9 Å². The van der Waals surface area contributed by atoms with E-state index in [0.29, 0.717) is 6.54 Å². The van der Waals surface area contributed by atoms with Gasteiger partial charge in [0.1, 0.15) is 6.54 Å². The number of hydrogen-bond acceptors (Lipinski definition) is 3. The molecule has 112 valence electrons. The Morgan fingerprint density at radius 3 is 2.67 bits per heavy atom. The molecule has 21 heavy (non-hydrogen) atoms. The molecule has 0 aliphatic rings. The third kappa shape index (κ3) is 3.31. The molecule has 0 unspecified atom stereocenters. The van der Waals surface area contributed by atoms with Crippen LogP contribution in [0, 0.1) is 13.8 Å². The minimum Gasteiger partial charge on any atom is -0.326 e. The summed E-state index contributed by atoms with van der Waals surface area (Å²) in [6.07, 6.45) is 0.926. The summed E-state index contributed by atoms with van der Waals surface area (Å²) in [7, 11) is 0. The van der Waals surface area contributed by atoms with Crippen LogP contribution in [-0.4, -0.2) is 15.7 Å². The predicted octanol–water partition coefficient (Wildman–Crippen LogP) is 2.16. The van der Waals surface area contributed by atoms with E-state index in [9.17, 15) is 4.79 Å². The van der Waals surface area contributed by atoms with Crippen molar-refractivity contribution in [2.45, 2.75) is 40.3 Å². The van der Waals surface area contributed by atoms with Gasteiger partial charge in [0.25, 0.3) is 0 Å². The Morgan fingerprint density at radius 1 is 1.33 bits per heavy atom. The van der Waals surface area contributed by atoms with Gasteiger partial charge in [-0.1, -0.05) is 25.1 Å². The highest BCUT2D eigenvalue weighted by atomic mass is 16.2. The quantitative estimate of drug-likeness (QED) is 0.884. The summed E-state index contributed by atoms with van der Waals surface area (Å²) in [6, 6.07) is 7.56. The van der Waals surface area contributed by atoms with Gasteiger partial charge in [0.15, 0.2) is 0 Å². The fourth-order valence-corrected chi connectivity index (χ4v) is 2.55. The molecule has 0 aliphatic carbocycles. The first-order valence-electron chi connectivity index (χ1n) is 7.17. The highest BCUT2D eigenvalue weighted by Crippen LogP contribution is 2.16. The maximum Gasteiger partial charge on any atom is 0.246 e. The normalized spacial score (nSPS) is 10.7. The lowest BCUT2D eigenvalue weighted by Gasteiger charge is -2.10. The lowest BCUT2D eigenvalue weighted by atomic mass is 10.1. The van der Waals surface area contributed by atoms with E-state index in [-0.39, 0.29) is 12.5 Å². The fourth-order valence-electron chi connectivity index (χ4n) is 2.55. The Balaban J connectivity index is 2.12. The molecule has 0 fully saturated rings. The molecule has 0 saturated heterocycles. The van der Waals surface area contributed by atoms with Gasteiger partial charge in [-0.3, -0.25) is 9.48 Å². The number of aromatic nitrogens is 2. The van der Waals surface area contributed by atoms with Crippen LogP contribution in [0.2, 0.25) is 0 Å². The summed E-state index contributed by atoms with van der Waals surface area (Å²) in [5.74, 6) is -0.0934. The first-order chi connectivity index (χ1) is 10.1. The Hall–Kier alpha value is -2.14. The van der Waals surface area contributed by atoms with E-state index >= 15 is 0 Å². The lowest BCUT2D eigenvalue weighted by Crippen LogP contribution is -2.21. The molecular weight excluding hydrogens is 264 g/mol. The van der Waals surface area contributed by atoms with Crippen LogP contribution in [0.4, 0.5) is 5.69 Å². The number of para-hydroxylation sites is 1. The van der Waals surface area contributed by atoms with Crippen LogP contribution in [0.5, 0.6) is 0 Å². The molecule has 0 spiro atoms. The lowest BCUT2D eigenvalue weighted by molar-refractivity contribution is -0.116. The van der Waals surface area contributed by atoms with Gasteiger partial charge in [-0.2, -0.15) is 5.10 Å². The van der Waals surface area contributed by atoms with Gasteiger partial charge < -0.3 is 11.1 Å². The maximum absolute atomic E-state index is 12.2. The molecule has 1 heterocycles. The predicted molar refractivity (Wildman–Crippen MR) is 84.0 cm³/mol. The molecule has 5 heteroatoms. The van der Waals surface area contributed by atoms with Gasteiger partial charge in [-0.25, -0.2) is 0 Å². The van der Waals surface area contributed by atoms with Crippen molar-refractivity contribution in [3.05, 3.63) is 46.8 Å². The van der Waals surface area contributed by atoms with E-state index in [1.54, 1.807) is 4.68 Å². The standard InChI is InChI=1S/C16H22N4O/c1-4-14-11(2)19-20(12(14)3)10-16(21)18-15-8-6-5-7-13(15)9-17/h5-8H,4,9-10,17H2,1-3H3,(H,18,21). The van der Waals surface area contributed by atoms with E-state index < -0.39 is 0 Å². The average Bonchev–Trinajstić information content (AvgIpc) is 2.73. The van der Waals surface area contributed by atoms with Gasteiger partial charge in [-0.15, -0.1) is 0 Å². The largest absolute Gasteiger partial charge is 0.326 e. The SMILES string of the molecule is CCc1c(C)nn(CC(=O)Nc2ccccc2CN)c1C. The van der Waals surface area contributed by atoms with Crippen molar-refractivity contribution in [3.8, 4) is 0 Å². The Morgan fingerprint density at radius 2 is 2.05 bits per heavy atom. The molecule has 3 N–H and O–H groups in total. The van der Waals surface area contributed by atoms with Crippen LogP contribution in [0.1, 0.15) is 29.4 Å². The van der Waals surface area contributed by atoms with E-state index in [1.807, 2.05) is 38.1 Å². The number of benzene rings is 1. The highest BCUT2D eigenvalue weighted by Gasteiger charge is 2.13. The first kappa shape index (κ1) is 15.3. The van der Waals surface area contributed by atoms with E-state index in [0.717, 1.165) is 29.1 Å². The molecule has 1 amide bonds. The smallest absolute Gasteiger partial charge is 0.246 e. The Kier molecular flexibility index (Phi) is 4.75. The van der Waals surface area contributed by atoms with Crippen LogP contribution < -0.4 is 11.1 Å². The summed E-state index contributed by atoms with van der Waals surface area (Å²) in [5, 5.41) is 7.34. The summed E-state index contributed by atoms with van der Waals surface area (Å²) >= 11 is 0. The van der Waals surface area contributed by atoms with Gasteiger partial charge in [0.2, 0.25) is 5.91 Å². The Labute approximate surface area is 125 Å². The molecule has 1 aromatic carbocycles. The maximum atomic E-state index is 12.2. The number of hydrogen-bond donors (Lipinski definition) is 2. The molecule has 1 aromatic heterocycles. The number of carbonyl (C=O) groups excluding carboxylic acids is 1. The number of amides is 1. The summed E-state index contributed by atoms with van der Waals surface area (Å²) < 4.78 is 1.76. The van der Waals surface area contributed by atoms with Crippen LogP contribution in [-0.2, 0) is 24.3 Å². The van der Waals surface area contributed by atoms with Gasteiger partial charge in [0.05, 0.1) is 5.69 Å². The van der Waals surface area contributed by atoms with E-state index in [2.05, 4.69) is 17.3 Å². The second kappa shape index (κ2) is 6.54. The van der Waals surface area contributed by atoms with Crippen LogP contribution in [0.3, 0.4) is 0 Å². The number of rotatable bonds is 5. The third-order valence-electron chi connectivity index (χ3n) is 3.69. The van der Waals surface area contributed by atoms with Gasteiger partial charge in [0, 0.05) is 17.9 Å². The first-order valence-corrected chi connectivity index (χ1v) is 7.17. The van der Waals surface area contributed by atoms with Crippen molar-refractivity contribution in [1.29, 1.82) is 0 Å². The van der Waals surface area contributed by atoms with E-state index in [1.165, 1.54) is 5.56 Å². The molecular formula is C16H22N4O. The summed E-state index contributed by atoms with van der Waals surface area (Å²) in [4.78, 5) is 12.2. The van der Waals surface area contributed by atoms with Crippen LogP contribution in [0.25, 0.3) is 0 Å². The second-order valence-electron chi connectivity index (χ2n) is 5.07. The van der Waals surface area contributed by atoms with Crippen molar-refractivity contribution in [2.75, 3.05) is 5.32 Å². The number of nitrogens with zero attached hydrogens (tertiary/aromatic N) is 2. The molecule has 0 saturated carbocycles. The van der Waals surface area contributed by atoms with Crippen LogP contribution >= 0.6 is 0 Å². The van der Waals surface area contributed by atoms with Crippen molar-refractivity contribution in [1.82, 2.24) is 9.78 Å². The monoisotopic (exact) mass is 286 g/mol. The van der Waals surface area contributed by atoms with Crippen molar-refractivity contribution in [3.63, 3.8) is 0 Å². The minimum absolute atomic E-state index is 0.0934.